The maximum absolute atomic E-state index is 13.3. The largest absolute Gasteiger partial charge is 0.368 e. The van der Waals surface area contributed by atoms with E-state index in [0.29, 0.717) is 26.2 Å². The number of anilines is 2. The van der Waals surface area contributed by atoms with Gasteiger partial charge in [0.2, 0.25) is 5.91 Å². The van der Waals surface area contributed by atoms with Crippen molar-refractivity contribution in [3.63, 3.8) is 0 Å². The molecule has 3 aromatic rings. The van der Waals surface area contributed by atoms with E-state index in [9.17, 15) is 18.8 Å². The molecule has 9 heteroatoms. The van der Waals surface area contributed by atoms with Gasteiger partial charge in [-0.25, -0.2) is 9.07 Å². The van der Waals surface area contributed by atoms with E-state index in [0.717, 1.165) is 28.0 Å². The van der Waals surface area contributed by atoms with Crippen LogP contribution in [0.15, 0.2) is 65.5 Å². The molecule has 0 spiro atoms. The van der Waals surface area contributed by atoms with Crippen molar-refractivity contribution in [1.29, 1.82) is 0 Å². The molecule has 3 heterocycles. The van der Waals surface area contributed by atoms with E-state index >= 15 is 0 Å². The highest BCUT2D eigenvalue weighted by Crippen LogP contribution is 2.32. The summed E-state index contributed by atoms with van der Waals surface area (Å²) in [5.74, 6) is -0.816. The maximum atomic E-state index is 13.3. The van der Waals surface area contributed by atoms with Crippen LogP contribution in [0.25, 0.3) is 0 Å². The number of halogens is 1. The number of carbonyl (C=O) groups excluding carboxylic acids is 2. The van der Waals surface area contributed by atoms with Crippen molar-refractivity contribution in [2.24, 2.45) is 0 Å². The first-order valence-corrected chi connectivity index (χ1v) is 11.7. The van der Waals surface area contributed by atoms with Gasteiger partial charge in [0, 0.05) is 49.7 Å². The molecule has 0 saturated carbocycles. The van der Waals surface area contributed by atoms with Crippen molar-refractivity contribution in [3.05, 3.63) is 88.1 Å². The van der Waals surface area contributed by atoms with E-state index in [-0.39, 0.29) is 35.9 Å². The molecule has 0 aliphatic carbocycles. The highest BCUT2D eigenvalue weighted by atomic mass is 19.1. The Morgan fingerprint density at radius 1 is 0.971 bits per heavy atom. The average molecular weight is 476 g/mol. The molecule has 35 heavy (non-hydrogen) atoms. The van der Waals surface area contributed by atoms with Gasteiger partial charge in [-0.3, -0.25) is 14.4 Å². The van der Waals surface area contributed by atoms with Crippen molar-refractivity contribution in [2.75, 3.05) is 36.0 Å². The number of nitrogens with zero attached hydrogens (tertiary/aromatic N) is 5. The molecular weight excluding hydrogens is 449 g/mol. The SMILES string of the molecule is CC1Cc2ccccc2N1C(=O)c1ccc(=O)n(CC(=O)N2CCN(c3ccc(F)cc3)CC2)n1. The van der Waals surface area contributed by atoms with E-state index in [1.54, 1.807) is 21.9 Å². The molecule has 2 aliphatic rings. The van der Waals surface area contributed by atoms with Crippen molar-refractivity contribution in [1.82, 2.24) is 14.7 Å². The fourth-order valence-corrected chi connectivity index (χ4v) is 4.77. The summed E-state index contributed by atoms with van der Waals surface area (Å²) < 4.78 is 14.2. The lowest BCUT2D eigenvalue weighted by Gasteiger charge is -2.36. The summed E-state index contributed by atoms with van der Waals surface area (Å²) >= 11 is 0. The van der Waals surface area contributed by atoms with Crippen LogP contribution in [0.3, 0.4) is 0 Å². The van der Waals surface area contributed by atoms with Crippen LogP contribution in [0.1, 0.15) is 23.0 Å². The molecule has 0 bridgehead atoms. The van der Waals surface area contributed by atoms with Crippen molar-refractivity contribution in [2.45, 2.75) is 25.9 Å². The van der Waals surface area contributed by atoms with Crippen LogP contribution in [0.5, 0.6) is 0 Å². The number of hydrogen-bond acceptors (Lipinski definition) is 5. The monoisotopic (exact) mass is 475 g/mol. The zero-order chi connectivity index (χ0) is 24.5. The zero-order valence-corrected chi connectivity index (χ0v) is 19.4. The number of para-hydroxylation sites is 1. The summed E-state index contributed by atoms with van der Waals surface area (Å²) in [6.45, 7) is 3.90. The normalized spacial score (nSPS) is 17.4. The molecule has 180 valence electrons. The fourth-order valence-electron chi connectivity index (χ4n) is 4.77. The Bertz CT molecular complexity index is 1320. The Morgan fingerprint density at radius 2 is 1.69 bits per heavy atom. The highest BCUT2D eigenvalue weighted by Gasteiger charge is 2.32. The lowest BCUT2D eigenvalue weighted by molar-refractivity contribution is -0.132. The molecule has 2 aromatic carbocycles. The molecule has 8 nitrogen and oxygen atoms in total. The minimum atomic E-state index is -0.435. The third-order valence-corrected chi connectivity index (χ3v) is 6.62. The van der Waals surface area contributed by atoms with Crippen LogP contribution in [0, 0.1) is 5.82 Å². The van der Waals surface area contributed by atoms with E-state index in [2.05, 4.69) is 10.00 Å². The Morgan fingerprint density at radius 3 is 2.43 bits per heavy atom. The second kappa shape index (κ2) is 9.32. The van der Waals surface area contributed by atoms with E-state index in [4.69, 9.17) is 0 Å². The van der Waals surface area contributed by atoms with Gasteiger partial charge >= 0.3 is 0 Å². The molecule has 0 N–H and O–H groups in total. The lowest BCUT2D eigenvalue weighted by atomic mass is 10.1. The molecule has 1 aromatic heterocycles. The van der Waals surface area contributed by atoms with Crippen molar-refractivity contribution >= 4 is 23.2 Å². The molecule has 0 radical (unpaired) electrons. The van der Waals surface area contributed by atoms with Crippen LogP contribution in [-0.2, 0) is 17.8 Å². The molecule has 1 saturated heterocycles. The van der Waals surface area contributed by atoms with E-state index in [1.165, 1.54) is 24.3 Å². The summed E-state index contributed by atoms with van der Waals surface area (Å²) in [6.07, 6.45) is 0.754. The molecule has 1 fully saturated rings. The summed E-state index contributed by atoms with van der Waals surface area (Å²) in [5.41, 5.74) is 2.54. The first kappa shape index (κ1) is 22.8. The smallest absolute Gasteiger partial charge is 0.278 e. The number of benzene rings is 2. The molecule has 2 amide bonds. The predicted molar refractivity (Wildman–Crippen MR) is 130 cm³/mol. The first-order valence-electron chi connectivity index (χ1n) is 11.7. The van der Waals surface area contributed by atoms with Crippen molar-refractivity contribution in [3.8, 4) is 0 Å². The van der Waals surface area contributed by atoms with Crippen LogP contribution >= 0.6 is 0 Å². The Hall–Kier alpha value is -4.01. The van der Waals surface area contributed by atoms with Crippen LogP contribution in [0.2, 0.25) is 0 Å². The number of amides is 2. The van der Waals surface area contributed by atoms with Gasteiger partial charge in [-0.05, 0) is 55.3 Å². The highest BCUT2D eigenvalue weighted by molar-refractivity contribution is 6.06. The standard InChI is InChI=1S/C26H26FN5O3/c1-18-16-19-4-2-3-5-23(19)32(18)26(35)22-10-11-24(33)31(28-22)17-25(34)30-14-12-29(13-15-30)21-8-6-20(27)7-9-21/h2-11,18H,12-17H2,1H3. The van der Waals surface area contributed by atoms with E-state index in [1.807, 2.05) is 31.2 Å². The number of hydrogen-bond donors (Lipinski definition) is 0. The van der Waals surface area contributed by atoms with Crippen LogP contribution < -0.4 is 15.4 Å². The fraction of sp³-hybridized carbons (Fsp3) is 0.308. The zero-order valence-electron chi connectivity index (χ0n) is 19.4. The van der Waals surface area contributed by atoms with Gasteiger partial charge in [-0.15, -0.1) is 0 Å². The molecule has 2 aliphatic heterocycles. The van der Waals surface area contributed by atoms with Gasteiger partial charge in [0.15, 0.2) is 0 Å². The Labute approximate surface area is 202 Å². The second-order valence-corrected chi connectivity index (χ2v) is 8.92. The number of carbonyl (C=O) groups is 2. The minimum absolute atomic E-state index is 0.0267. The summed E-state index contributed by atoms with van der Waals surface area (Å²) in [4.78, 5) is 44.1. The Balaban J connectivity index is 1.27. The third-order valence-electron chi connectivity index (χ3n) is 6.62. The molecule has 1 atom stereocenters. The van der Waals surface area contributed by atoms with Gasteiger partial charge in [-0.1, -0.05) is 18.2 Å². The first-order chi connectivity index (χ1) is 16.9. The number of aromatic nitrogens is 2. The predicted octanol–water partition coefficient (Wildman–Crippen LogP) is 2.32. The topological polar surface area (TPSA) is 78.8 Å². The quantitative estimate of drug-likeness (QED) is 0.579. The molecule has 5 rings (SSSR count). The van der Waals surface area contributed by atoms with Crippen LogP contribution in [-0.4, -0.2) is 58.7 Å². The molecule has 1 unspecified atom stereocenters. The van der Waals surface area contributed by atoms with E-state index < -0.39 is 5.56 Å². The molecular formula is C26H26FN5O3. The van der Waals surface area contributed by atoms with Gasteiger partial charge < -0.3 is 14.7 Å². The summed E-state index contributed by atoms with van der Waals surface area (Å²) in [5, 5.41) is 4.25. The van der Waals surface area contributed by atoms with Gasteiger partial charge in [0.05, 0.1) is 0 Å². The van der Waals surface area contributed by atoms with Gasteiger partial charge in [0.1, 0.15) is 18.1 Å². The number of fused-ring (bicyclic) bond motifs is 1. The van der Waals surface area contributed by atoms with Gasteiger partial charge in [-0.2, -0.15) is 5.10 Å². The summed E-state index contributed by atoms with van der Waals surface area (Å²) in [6, 6.07) is 16.7. The van der Waals surface area contributed by atoms with Crippen molar-refractivity contribution < 1.29 is 14.0 Å². The minimum Gasteiger partial charge on any atom is -0.368 e. The lowest BCUT2D eigenvalue weighted by Crippen LogP contribution is -2.50. The number of rotatable bonds is 4. The average Bonchev–Trinajstić information content (AvgIpc) is 3.21. The summed E-state index contributed by atoms with van der Waals surface area (Å²) in [7, 11) is 0. The maximum Gasteiger partial charge on any atom is 0.278 e. The Kier molecular flexibility index (Phi) is 6.07. The number of piperazine rings is 1. The van der Waals surface area contributed by atoms with Crippen LogP contribution in [0.4, 0.5) is 15.8 Å². The third kappa shape index (κ3) is 4.53. The second-order valence-electron chi connectivity index (χ2n) is 8.92. The van der Waals surface area contributed by atoms with Gasteiger partial charge in [0.25, 0.3) is 11.5 Å².